The molecule has 0 N–H and O–H groups in total. The first-order chi connectivity index (χ1) is 5.15. The second-order valence-corrected chi connectivity index (χ2v) is 2.93. The fourth-order valence-corrected chi connectivity index (χ4v) is 1.18. The van der Waals surface area contributed by atoms with Gasteiger partial charge in [0.2, 0.25) is 0 Å². The molecule has 11 heavy (non-hydrogen) atoms. The van der Waals surface area contributed by atoms with Crippen molar-refractivity contribution in [1.82, 2.24) is 9.78 Å². The molecule has 1 heterocycles. The molecule has 0 saturated carbocycles. The molecule has 3 nitrogen and oxygen atoms in total. The van der Waals surface area contributed by atoms with Gasteiger partial charge in [-0.1, -0.05) is 15.9 Å². The quantitative estimate of drug-likeness (QED) is 0.668. The van der Waals surface area contributed by atoms with Crippen molar-refractivity contribution in [3.8, 4) is 0 Å². The maximum atomic E-state index is 11.1. The zero-order valence-corrected chi connectivity index (χ0v) is 8.05. The zero-order chi connectivity index (χ0) is 8.43. The lowest BCUT2D eigenvalue weighted by Gasteiger charge is -1.96. The number of carbonyl (C=O) groups excluding carboxylic acids is 1. The maximum absolute atomic E-state index is 11.1. The summed E-state index contributed by atoms with van der Waals surface area (Å²) in [5.74, 6) is -0.0319. The zero-order valence-electron chi connectivity index (χ0n) is 6.47. The van der Waals surface area contributed by atoms with Gasteiger partial charge in [0.15, 0.2) is 0 Å². The smallest absolute Gasteiger partial charge is 0.257 e. The second-order valence-electron chi connectivity index (χ2n) is 2.37. The second kappa shape index (κ2) is 3.17. The van der Waals surface area contributed by atoms with Crippen molar-refractivity contribution in [1.29, 1.82) is 0 Å². The van der Waals surface area contributed by atoms with Crippen LogP contribution in [-0.4, -0.2) is 21.0 Å². The third-order valence-electron chi connectivity index (χ3n) is 1.36. The Balaban J connectivity index is 3.03. The number of carbonyl (C=O) groups is 1. The summed E-state index contributed by atoms with van der Waals surface area (Å²) < 4.78 is 1.41. The summed E-state index contributed by atoms with van der Waals surface area (Å²) in [4.78, 5) is 11.1. The molecule has 0 spiro atoms. The predicted molar refractivity (Wildman–Crippen MR) is 46.1 cm³/mol. The van der Waals surface area contributed by atoms with E-state index < -0.39 is 0 Å². The number of halogens is 1. The molecule has 0 aliphatic heterocycles. The summed E-state index contributed by atoms with van der Waals surface area (Å²) in [6, 6.07) is 1.88. The first-order valence-electron chi connectivity index (χ1n) is 3.27. The average Bonchev–Trinajstić information content (AvgIpc) is 2.28. The molecule has 4 heteroatoms. The van der Waals surface area contributed by atoms with Gasteiger partial charge in [-0.05, 0) is 19.9 Å². The Morgan fingerprint density at radius 2 is 2.36 bits per heavy atom. The number of aryl methyl sites for hydroxylation is 2. The van der Waals surface area contributed by atoms with Crippen molar-refractivity contribution in [2.45, 2.75) is 13.8 Å². The highest BCUT2D eigenvalue weighted by atomic mass is 79.9. The van der Waals surface area contributed by atoms with Gasteiger partial charge in [-0.15, -0.1) is 0 Å². The van der Waals surface area contributed by atoms with Gasteiger partial charge in [-0.25, -0.2) is 4.68 Å². The van der Waals surface area contributed by atoms with Crippen molar-refractivity contribution >= 4 is 21.8 Å². The number of hydrogen-bond donors (Lipinski definition) is 0. The van der Waals surface area contributed by atoms with Crippen LogP contribution in [0.2, 0.25) is 0 Å². The van der Waals surface area contributed by atoms with Crippen molar-refractivity contribution in [3.05, 3.63) is 17.5 Å². The van der Waals surface area contributed by atoms with E-state index in [2.05, 4.69) is 21.0 Å². The molecule has 0 atom stereocenters. The van der Waals surface area contributed by atoms with E-state index in [4.69, 9.17) is 0 Å². The third-order valence-corrected chi connectivity index (χ3v) is 1.84. The molecule has 1 aromatic heterocycles. The van der Waals surface area contributed by atoms with Gasteiger partial charge in [0, 0.05) is 5.69 Å². The summed E-state index contributed by atoms with van der Waals surface area (Å²) >= 11 is 3.08. The van der Waals surface area contributed by atoms with Crippen molar-refractivity contribution in [2.75, 3.05) is 5.33 Å². The Kier molecular flexibility index (Phi) is 2.44. The van der Waals surface area contributed by atoms with Crippen LogP contribution in [-0.2, 0) is 0 Å². The normalized spacial score (nSPS) is 10.1. The van der Waals surface area contributed by atoms with Crippen LogP contribution in [0.4, 0.5) is 0 Å². The Hall–Kier alpha value is -0.640. The highest BCUT2D eigenvalue weighted by Gasteiger charge is 2.06. The van der Waals surface area contributed by atoms with Gasteiger partial charge in [0.25, 0.3) is 5.91 Å². The van der Waals surface area contributed by atoms with Crippen molar-refractivity contribution in [2.24, 2.45) is 0 Å². The molecular formula is C7H9BrN2O. The summed E-state index contributed by atoms with van der Waals surface area (Å²) in [5, 5.41) is 4.33. The molecule has 0 amide bonds. The van der Waals surface area contributed by atoms with E-state index >= 15 is 0 Å². The Labute approximate surface area is 73.5 Å². The standard InChI is InChI=1S/C7H9BrN2O/c1-5-3-6(2)10(9-5)7(11)4-8/h3H,4H2,1-2H3. The third kappa shape index (κ3) is 1.68. The molecule has 1 aromatic rings. The monoisotopic (exact) mass is 216 g/mol. The molecule has 0 aromatic carbocycles. The highest BCUT2D eigenvalue weighted by molar-refractivity contribution is 9.09. The lowest BCUT2D eigenvalue weighted by molar-refractivity contribution is 0.0925. The minimum absolute atomic E-state index is 0.0319. The summed E-state index contributed by atoms with van der Waals surface area (Å²) in [6.07, 6.45) is 0. The first kappa shape index (κ1) is 8.46. The van der Waals surface area contributed by atoms with Gasteiger partial charge in [-0.2, -0.15) is 5.10 Å². The average molecular weight is 217 g/mol. The van der Waals surface area contributed by atoms with E-state index in [0.29, 0.717) is 5.33 Å². The number of aromatic nitrogens is 2. The Morgan fingerprint density at radius 3 is 2.73 bits per heavy atom. The molecule has 0 bridgehead atoms. The topological polar surface area (TPSA) is 34.9 Å². The number of rotatable bonds is 1. The van der Waals surface area contributed by atoms with Gasteiger partial charge in [-0.3, -0.25) is 4.79 Å². The van der Waals surface area contributed by atoms with Crippen molar-refractivity contribution in [3.63, 3.8) is 0 Å². The van der Waals surface area contributed by atoms with Crippen LogP contribution in [0.15, 0.2) is 6.07 Å². The van der Waals surface area contributed by atoms with E-state index in [0.717, 1.165) is 11.4 Å². The maximum Gasteiger partial charge on any atom is 0.257 e. The van der Waals surface area contributed by atoms with E-state index in [1.54, 1.807) is 0 Å². The fraction of sp³-hybridized carbons (Fsp3) is 0.429. The minimum Gasteiger partial charge on any atom is -0.272 e. The molecule has 0 fully saturated rings. The molecule has 1 rings (SSSR count). The lowest BCUT2D eigenvalue weighted by Crippen LogP contribution is -2.14. The van der Waals surface area contributed by atoms with Crippen molar-refractivity contribution < 1.29 is 4.79 Å². The van der Waals surface area contributed by atoms with E-state index in [1.807, 2.05) is 19.9 Å². The van der Waals surface area contributed by atoms with E-state index in [9.17, 15) is 4.79 Å². The predicted octanol–water partition coefficient (Wildman–Crippen LogP) is 1.54. The van der Waals surface area contributed by atoms with Crippen LogP contribution >= 0.6 is 15.9 Å². The molecule has 0 aliphatic carbocycles. The minimum atomic E-state index is -0.0319. The molecule has 0 radical (unpaired) electrons. The SMILES string of the molecule is Cc1cc(C)n(C(=O)CBr)n1. The number of alkyl halides is 1. The van der Waals surface area contributed by atoms with Crippen LogP contribution in [0.1, 0.15) is 16.2 Å². The molecule has 0 saturated heterocycles. The largest absolute Gasteiger partial charge is 0.272 e. The van der Waals surface area contributed by atoms with E-state index in [-0.39, 0.29) is 5.91 Å². The Bertz CT molecular complexity index is 280. The van der Waals surface area contributed by atoms with Crippen LogP contribution in [0.5, 0.6) is 0 Å². The van der Waals surface area contributed by atoms with Gasteiger partial charge in [0.05, 0.1) is 11.0 Å². The molecule has 0 aliphatic rings. The van der Waals surface area contributed by atoms with Gasteiger partial charge in [0.1, 0.15) is 0 Å². The van der Waals surface area contributed by atoms with Crippen LogP contribution < -0.4 is 0 Å². The van der Waals surface area contributed by atoms with Crippen LogP contribution in [0.3, 0.4) is 0 Å². The number of hydrogen-bond acceptors (Lipinski definition) is 2. The summed E-state index contributed by atoms with van der Waals surface area (Å²) in [6.45, 7) is 3.73. The molecule has 0 unspecified atom stereocenters. The van der Waals surface area contributed by atoms with Crippen LogP contribution in [0.25, 0.3) is 0 Å². The highest BCUT2D eigenvalue weighted by Crippen LogP contribution is 2.01. The van der Waals surface area contributed by atoms with Gasteiger partial charge >= 0.3 is 0 Å². The molecule has 60 valence electrons. The summed E-state index contributed by atoms with van der Waals surface area (Å²) in [7, 11) is 0. The Morgan fingerprint density at radius 1 is 1.73 bits per heavy atom. The lowest BCUT2D eigenvalue weighted by atomic mass is 10.4. The summed E-state index contributed by atoms with van der Waals surface area (Å²) in [5.41, 5.74) is 1.75. The first-order valence-corrected chi connectivity index (χ1v) is 4.39. The van der Waals surface area contributed by atoms with Gasteiger partial charge < -0.3 is 0 Å². The van der Waals surface area contributed by atoms with E-state index in [1.165, 1.54) is 4.68 Å². The fourth-order valence-electron chi connectivity index (χ4n) is 0.938. The number of nitrogens with zero attached hydrogens (tertiary/aromatic N) is 2. The van der Waals surface area contributed by atoms with Crippen LogP contribution in [0, 0.1) is 13.8 Å². The molecular weight excluding hydrogens is 208 g/mol.